The van der Waals surface area contributed by atoms with Crippen LogP contribution in [0.2, 0.25) is 0 Å². The van der Waals surface area contributed by atoms with Gasteiger partial charge in [-0.05, 0) is 29.6 Å². The van der Waals surface area contributed by atoms with Gasteiger partial charge in [0.05, 0.1) is 0 Å². The van der Waals surface area contributed by atoms with Crippen LogP contribution in [-0.2, 0) is 0 Å². The number of aliphatic imine (C=N–C) groups is 1. The van der Waals surface area contributed by atoms with E-state index in [9.17, 15) is 0 Å². The van der Waals surface area contributed by atoms with Gasteiger partial charge in [0.1, 0.15) is 0 Å². The van der Waals surface area contributed by atoms with Crippen molar-refractivity contribution in [3.63, 3.8) is 0 Å². The van der Waals surface area contributed by atoms with Crippen LogP contribution in [0.4, 0.5) is 0 Å². The summed E-state index contributed by atoms with van der Waals surface area (Å²) in [4.78, 5) is 4.15. The van der Waals surface area contributed by atoms with Crippen LogP contribution in [0.25, 0.3) is 0 Å². The lowest BCUT2D eigenvalue weighted by Crippen LogP contribution is -2.21. The molecule has 0 radical (unpaired) electrons. The molecule has 0 fully saturated rings. The minimum atomic E-state index is 0.248. The molecule has 0 aromatic rings. The Morgan fingerprint density at radius 3 is 2.07 bits per heavy atom. The molecule has 0 amide bonds. The molecule has 1 nitrogen and oxygen atoms in total. The van der Waals surface area contributed by atoms with E-state index in [2.05, 4.69) is 52.7 Å². The zero-order chi connectivity index (χ0) is 12.1. The van der Waals surface area contributed by atoms with E-state index in [4.69, 9.17) is 0 Å². The van der Waals surface area contributed by atoms with Crippen LogP contribution >= 0.6 is 0 Å². The van der Waals surface area contributed by atoms with Crippen molar-refractivity contribution in [2.45, 2.75) is 60.8 Å². The molecule has 0 aliphatic rings. The highest BCUT2D eigenvalue weighted by atomic mass is 14.6. The fourth-order valence-corrected chi connectivity index (χ4v) is 2.46. The maximum atomic E-state index is 4.15. The summed E-state index contributed by atoms with van der Waals surface area (Å²) in [6.45, 7) is 13.9. The van der Waals surface area contributed by atoms with Gasteiger partial charge >= 0.3 is 0 Å². The summed E-state index contributed by atoms with van der Waals surface area (Å²) in [5.41, 5.74) is 0.733. The van der Waals surface area contributed by atoms with Gasteiger partial charge in [0.25, 0.3) is 0 Å². The molecule has 0 N–H and O–H groups in total. The number of hydrogen-bond donors (Lipinski definition) is 0. The van der Waals surface area contributed by atoms with Crippen molar-refractivity contribution in [3.05, 3.63) is 0 Å². The fraction of sp³-hybridized carbons (Fsp3) is 0.929. The smallest absolute Gasteiger partial charge is 0.0273 e. The molecule has 1 unspecified atom stereocenters. The number of rotatable bonds is 6. The molecule has 0 aromatic carbocycles. The monoisotopic (exact) mass is 211 g/mol. The molecular weight excluding hydrogens is 182 g/mol. The van der Waals surface area contributed by atoms with Gasteiger partial charge in [-0.2, -0.15) is 0 Å². The third-order valence-corrected chi connectivity index (χ3v) is 3.21. The maximum Gasteiger partial charge on any atom is 0.0273 e. The maximum absolute atomic E-state index is 4.15. The summed E-state index contributed by atoms with van der Waals surface area (Å²) in [5.74, 6) is 0.771. The van der Waals surface area contributed by atoms with Crippen molar-refractivity contribution < 1.29 is 0 Å². The van der Waals surface area contributed by atoms with Crippen LogP contribution in [0.3, 0.4) is 0 Å². The van der Waals surface area contributed by atoms with Gasteiger partial charge in [0, 0.05) is 13.3 Å². The van der Waals surface area contributed by atoms with E-state index in [1.165, 1.54) is 19.3 Å². The van der Waals surface area contributed by atoms with Gasteiger partial charge in [-0.3, -0.25) is 0 Å². The van der Waals surface area contributed by atoms with E-state index in [1.807, 2.05) is 7.05 Å². The van der Waals surface area contributed by atoms with Crippen molar-refractivity contribution in [1.82, 2.24) is 0 Å². The highest BCUT2D eigenvalue weighted by molar-refractivity contribution is 5.64. The third-order valence-electron chi connectivity index (χ3n) is 3.21. The van der Waals surface area contributed by atoms with E-state index in [-0.39, 0.29) is 5.41 Å². The van der Waals surface area contributed by atoms with Gasteiger partial charge in [-0.25, -0.2) is 0 Å². The van der Waals surface area contributed by atoms with Gasteiger partial charge in [-0.15, -0.1) is 0 Å². The Morgan fingerprint density at radius 1 is 1.13 bits per heavy atom. The Kier molecular flexibility index (Phi) is 5.55. The summed E-state index contributed by atoms with van der Waals surface area (Å²) >= 11 is 0. The van der Waals surface area contributed by atoms with Gasteiger partial charge in [0.15, 0.2) is 0 Å². The molecule has 0 bridgehead atoms. The third kappa shape index (κ3) is 6.70. The first-order chi connectivity index (χ1) is 6.72. The van der Waals surface area contributed by atoms with E-state index in [0.717, 1.165) is 5.92 Å². The Labute approximate surface area is 96.4 Å². The molecule has 0 rings (SSSR count). The largest absolute Gasteiger partial charge is 0.300 e. The summed E-state index contributed by atoms with van der Waals surface area (Å²) in [5, 5.41) is 0. The molecule has 0 aliphatic heterocycles. The highest BCUT2D eigenvalue weighted by Crippen LogP contribution is 2.34. The SMILES string of the molecule is CCC(C)(C)CC(C)CC(C)(C)/C=N/C. The molecule has 0 aromatic heterocycles. The molecule has 15 heavy (non-hydrogen) atoms. The number of hydrogen-bond acceptors (Lipinski definition) is 1. The zero-order valence-electron chi connectivity index (χ0n) is 11.7. The molecule has 90 valence electrons. The first kappa shape index (κ1) is 14.7. The standard InChI is InChI=1S/C14H29N/c1-8-13(3,4)9-12(2)10-14(5,6)11-15-7/h11-12H,8-10H2,1-7H3/b15-11+. The van der Waals surface area contributed by atoms with E-state index >= 15 is 0 Å². The first-order valence-electron chi connectivity index (χ1n) is 6.16. The van der Waals surface area contributed by atoms with Crippen LogP contribution in [0.1, 0.15) is 60.8 Å². The van der Waals surface area contributed by atoms with Crippen LogP contribution in [0.15, 0.2) is 4.99 Å². The summed E-state index contributed by atoms with van der Waals surface area (Å²) in [6, 6.07) is 0. The van der Waals surface area contributed by atoms with Crippen molar-refractivity contribution in [1.29, 1.82) is 0 Å². The molecule has 0 saturated carbocycles. The van der Waals surface area contributed by atoms with Crippen molar-refractivity contribution in [3.8, 4) is 0 Å². The minimum absolute atomic E-state index is 0.248. The Bertz CT molecular complexity index is 201. The predicted molar refractivity (Wildman–Crippen MR) is 70.7 cm³/mol. The van der Waals surface area contributed by atoms with E-state index < -0.39 is 0 Å². The van der Waals surface area contributed by atoms with Gasteiger partial charge in [-0.1, -0.05) is 48.0 Å². The second-order valence-electron chi connectivity index (χ2n) is 6.41. The molecule has 0 spiro atoms. The van der Waals surface area contributed by atoms with Crippen molar-refractivity contribution >= 4 is 6.21 Å². The Balaban J connectivity index is 4.20. The normalized spacial score (nSPS) is 15.9. The van der Waals surface area contributed by atoms with Crippen LogP contribution in [0.5, 0.6) is 0 Å². The van der Waals surface area contributed by atoms with Crippen LogP contribution in [-0.4, -0.2) is 13.3 Å². The van der Waals surface area contributed by atoms with E-state index in [0.29, 0.717) is 5.41 Å². The lowest BCUT2D eigenvalue weighted by Gasteiger charge is -2.30. The molecule has 1 atom stereocenters. The topological polar surface area (TPSA) is 12.4 Å². The summed E-state index contributed by atoms with van der Waals surface area (Å²) < 4.78 is 0. The summed E-state index contributed by atoms with van der Waals surface area (Å²) in [7, 11) is 1.86. The van der Waals surface area contributed by atoms with Crippen molar-refractivity contribution in [2.24, 2.45) is 21.7 Å². The lowest BCUT2D eigenvalue weighted by molar-refractivity contribution is 0.234. The lowest BCUT2D eigenvalue weighted by atomic mass is 9.75. The minimum Gasteiger partial charge on any atom is -0.300 e. The average molecular weight is 211 g/mol. The fourth-order valence-electron chi connectivity index (χ4n) is 2.46. The zero-order valence-corrected chi connectivity index (χ0v) is 11.7. The number of nitrogens with zero attached hydrogens (tertiary/aromatic N) is 1. The van der Waals surface area contributed by atoms with Gasteiger partial charge in [0.2, 0.25) is 0 Å². The molecule has 1 heteroatoms. The molecule has 0 heterocycles. The Hall–Kier alpha value is -0.330. The quantitative estimate of drug-likeness (QED) is 0.571. The molecular formula is C14H29N. The second-order valence-corrected chi connectivity index (χ2v) is 6.41. The predicted octanol–water partition coefficient (Wildman–Crippen LogP) is 4.57. The van der Waals surface area contributed by atoms with E-state index in [1.54, 1.807) is 0 Å². The van der Waals surface area contributed by atoms with Gasteiger partial charge < -0.3 is 4.99 Å². The average Bonchev–Trinajstić information content (AvgIpc) is 2.01. The Morgan fingerprint density at radius 2 is 1.67 bits per heavy atom. The molecule has 0 aliphatic carbocycles. The van der Waals surface area contributed by atoms with Crippen molar-refractivity contribution in [2.75, 3.05) is 7.05 Å². The van der Waals surface area contributed by atoms with Crippen LogP contribution < -0.4 is 0 Å². The summed E-state index contributed by atoms with van der Waals surface area (Å²) in [6.07, 6.45) is 5.89. The molecule has 0 saturated heterocycles. The highest BCUT2D eigenvalue weighted by Gasteiger charge is 2.24. The second kappa shape index (κ2) is 5.67. The first-order valence-corrected chi connectivity index (χ1v) is 6.16. The van der Waals surface area contributed by atoms with Crippen LogP contribution in [0, 0.1) is 16.7 Å².